The highest BCUT2D eigenvalue weighted by Crippen LogP contribution is 2.34. The number of aromatic amines is 1. The lowest BCUT2D eigenvalue weighted by Crippen LogP contribution is -2.40. The minimum Gasteiger partial charge on any atom is -0.460 e. The van der Waals surface area contributed by atoms with E-state index in [2.05, 4.69) is 25.0 Å². The third kappa shape index (κ3) is 5.83. The zero-order chi connectivity index (χ0) is 30.7. The molecular formula is C32H32FN5O5. The second kappa shape index (κ2) is 12.4. The summed E-state index contributed by atoms with van der Waals surface area (Å²) in [5.41, 5.74) is 3.23. The van der Waals surface area contributed by atoms with E-state index in [9.17, 15) is 14.4 Å². The van der Waals surface area contributed by atoms with Gasteiger partial charge < -0.3 is 24.4 Å². The summed E-state index contributed by atoms with van der Waals surface area (Å²) < 4.78 is 26.1. The van der Waals surface area contributed by atoms with Gasteiger partial charge in [0.1, 0.15) is 29.5 Å². The molecule has 1 aliphatic heterocycles. The zero-order valence-corrected chi connectivity index (χ0v) is 24.4. The Kier molecular flexibility index (Phi) is 8.51. The molecule has 2 aromatic carbocycles. The predicted octanol–water partition coefficient (Wildman–Crippen LogP) is 5.77. The van der Waals surface area contributed by atoms with E-state index < -0.39 is 11.9 Å². The van der Waals surface area contributed by atoms with Crippen molar-refractivity contribution in [3.63, 3.8) is 0 Å². The van der Waals surface area contributed by atoms with Gasteiger partial charge in [-0.3, -0.25) is 14.6 Å². The van der Waals surface area contributed by atoms with E-state index in [1.165, 1.54) is 25.4 Å². The minimum atomic E-state index is -0.691. The molecule has 1 aliphatic rings. The number of nitrogens with one attached hydrogen (secondary N) is 2. The van der Waals surface area contributed by atoms with Gasteiger partial charge in [-0.25, -0.2) is 14.2 Å². The summed E-state index contributed by atoms with van der Waals surface area (Å²) in [5, 5.41) is 2.52. The Morgan fingerprint density at radius 3 is 2.72 bits per heavy atom. The number of ether oxygens (including phenoxy) is 1. The van der Waals surface area contributed by atoms with Crippen molar-refractivity contribution in [2.45, 2.75) is 39.7 Å². The number of hydrogen-bond acceptors (Lipinski definition) is 7. The lowest BCUT2D eigenvalue weighted by molar-refractivity contribution is -0.131. The number of methoxy groups -OCH3 is 1. The standard InChI is InChI=1S/C32H32FN5O5/c1-5-24(34-6-2)19-9-11-20(12-10-19)29-18(3)43-27-15-21(23(33)14-22(27)30(29)40)25-16-35-31(37-25)26-8-7-13-38(26)28(39)17-36-32(41)42-4/h5-6,9-12,14-16,26H,7-8,13,17H2,1-4H3,(H,35,37)(H,36,41). The van der Waals surface area contributed by atoms with Gasteiger partial charge in [-0.2, -0.15) is 0 Å². The van der Waals surface area contributed by atoms with E-state index in [1.807, 2.05) is 44.2 Å². The van der Waals surface area contributed by atoms with Gasteiger partial charge in [-0.15, -0.1) is 0 Å². The first-order valence-electron chi connectivity index (χ1n) is 13.9. The van der Waals surface area contributed by atoms with E-state index in [-0.39, 0.29) is 40.5 Å². The molecule has 0 radical (unpaired) electrons. The molecule has 10 nitrogen and oxygen atoms in total. The van der Waals surface area contributed by atoms with Gasteiger partial charge in [0.25, 0.3) is 0 Å². The van der Waals surface area contributed by atoms with Gasteiger partial charge in [0.15, 0.2) is 0 Å². The number of H-pyrrole nitrogens is 1. The number of aryl methyl sites for hydroxylation is 1. The number of alkyl carbamates (subject to hydrolysis) is 1. The predicted molar refractivity (Wildman–Crippen MR) is 162 cm³/mol. The number of nitrogens with zero attached hydrogens (tertiary/aromatic N) is 3. The number of carbonyl (C=O) groups excluding carboxylic acids is 2. The number of rotatable bonds is 7. The number of hydrogen-bond donors (Lipinski definition) is 2. The van der Waals surface area contributed by atoms with E-state index in [1.54, 1.807) is 18.0 Å². The molecule has 0 aliphatic carbocycles. The van der Waals surface area contributed by atoms with Crippen molar-refractivity contribution in [3.05, 3.63) is 81.9 Å². The van der Waals surface area contributed by atoms with E-state index in [0.717, 1.165) is 17.7 Å². The third-order valence-corrected chi connectivity index (χ3v) is 7.51. The fraction of sp³-hybridized carbons (Fsp3) is 0.281. The summed E-state index contributed by atoms with van der Waals surface area (Å²) in [4.78, 5) is 51.2. The number of benzene rings is 2. The quantitative estimate of drug-likeness (QED) is 0.265. The van der Waals surface area contributed by atoms with Crippen LogP contribution in [0.25, 0.3) is 39.1 Å². The maximum Gasteiger partial charge on any atom is 0.407 e. The minimum absolute atomic E-state index is 0.126. The van der Waals surface area contributed by atoms with Crippen molar-refractivity contribution in [3.8, 4) is 22.4 Å². The Labute approximate surface area is 247 Å². The largest absolute Gasteiger partial charge is 0.460 e. The molecule has 43 heavy (non-hydrogen) atoms. The molecule has 222 valence electrons. The number of aliphatic imine (C=N–C) groups is 1. The average molecular weight is 586 g/mol. The molecule has 1 saturated heterocycles. The number of aromatic nitrogens is 2. The maximum absolute atomic E-state index is 15.5. The van der Waals surface area contributed by atoms with Crippen LogP contribution in [0.15, 0.2) is 62.9 Å². The molecule has 0 bridgehead atoms. The number of fused-ring (bicyclic) bond motifs is 1. The molecule has 2 N–H and O–H groups in total. The van der Waals surface area contributed by atoms with Crippen LogP contribution < -0.4 is 10.7 Å². The van der Waals surface area contributed by atoms with E-state index in [0.29, 0.717) is 41.4 Å². The molecule has 5 rings (SSSR count). The van der Waals surface area contributed by atoms with Gasteiger partial charge in [-0.1, -0.05) is 30.3 Å². The number of allylic oxidation sites excluding steroid dienone is 1. The normalized spacial score (nSPS) is 15.4. The van der Waals surface area contributed by atoms with Crippen LogP contribution in [0.5, 0.6) is 0 Å². The van der Waals surface area contributed by atoms with Crippen LogP contribution in [-0.4, -0.2) is 53.3 Å². The Morgan fingerprint density at radius 2 is 2.02 bits per heavy atom. The van der Waals surface area contributed by atoms with E-state index >= 15 is 4.39 Å². The lowest BCUT2D eigenvalue weighted by Gasteiger charge is -2.23. The van der Waals surface area contributed by atoms with Crippen LogP contribution >= 0.6 is 0 Å². The first-order valence-corrected chi connectivity index (χ1v) is 13.9. The van der Waals surface area contributed by atoms with Crippen molar-refractivity contribution in [2.75, 3.05) is 20.2 Å². The molecule has 1 fully saturated rings. The molecule has 0 spiro atoms. The van der Waals surface area contributed by atoms with Crippen molar-refractivity contribution < 1.29 is 23.1 Å². The summed E-state index contributed by atoms with van der Waals surface area (Å²) in [6, 6.07) is 9.75. The molecule has 4 aromatic rings. The highest BCUT2D eigenvalue weighted by molar-refractivity contribution is 5.87. The zero-order valence-electron chi connectivity index (χ0n) is 24.4. The number of likely N-dealkylation sites (tertiary alicyclic amines) is 1. The molecule has 3 heterocycles. The summed E-state index contributed by atoms with van der Waals surface area (Å²) in [6.07, 6.45) is 5.85. The Bertz CT molecular complexity index is 1810. The molecule has 0 saturated carbocycles. The van der Waals surface area contributed by atoms with Crippen LogP contribution in [-0.2, 0) is 9.53 Å². The van der Waals surface area contributed by atoms with Crippen LogP contribution in [0.3, 0.4) is 0 Å². The Morgan fingerprint density at radius 1 is 1.26 bits per heavy atom. The second-order valence-corrected chi connectivity index (χ2v) is 10.1. The number of halogens is 1. The summed E-state index contributed by atoms with van der Waals surface area (Å²) >= 11 is 0. The summed E-state index contributed by atoms with van der Waals surface area (Å²) in [6.45, 7) is 5.76. The molecular weight excluding hydrogens is 553 g/mol. The fourth-order valence-electron chi connectivity index (χ4n) is 5.44. The van der Waals surface area contributed by atoms with Gasteiger partial charge in [-0.05, 0) is 56.9 Å². The van der Waals surface area contributed by atoms with Crippen molar-refractivity contribution >= 4 is 34.9 Å². The van der Waals surface area contributed by atoms with Gasteiger partial charge in [0, 0.05) is 18.3 Å². The van der Waals surface area contributed by atoms with Gasteiger partial charge in [0.2, 0.25) is 11.3 Å². The highest BCUT2D eigenvalue weighted by Gasteiger charge is 2.32. The number of imidazole rings is 1. The van der Waals surface area contributed by atoms with E-state index in [4.69, 9.17) is 4.42 Å². The van der Waals surface area contributed by atoms with Crippen molar-refractivity contribution in [1.29, 1.82) is 0 Å². The Balaban J connectivity index is 1.44. The van der Waals surface area contributed by atoms with Gasteiger partial charge in [0.05, 0.1) is 41.7 Å². The summed E-state index contributed by atoms with van der Waals surface area (Å²) in [7, 11) is 1.23. The second-order valence-electron chi connectivity index (χ2n) is 10.1. The SMILES string of the molecule is CC=NC(=CC)c1ccc(-c2c(C)oc3cc(-c4cnc(C5CCCN5C(=O)CNC(=O)OC)[nH]4)c(F)cc3c2=O)cc1. The molecule has 1 atom stereocenters. The van der Waals surface area contributed by atoms with Crippen LogP contribution in [0.4, 0.5) is 9.18 Å². The monoisotopic (exact) mass is 585 g/mol. The first-order chi connectivity index (χ1) is 20.7. The lowest BCUT2D eigenvalue weighted by atomic mass is 9.99. The molecule has 11 heteroatoms. The summed E-state index contributed by atoms with van der Waals surface area (Å²) in [5.74, 6) is 0.0197. The molecule has 2 amide bonds. The number of carbonyl (C=O) groups is 2. The van der Waals surface area contributed by atoms with Crippen LogP contribution in [0.1, 0.15) is 49.9 Å². The first kappa shape index (κ1) is 29.4. The maximum atomic E-state index is 15.5. The Hall–Kier alpha value is -5.06. The molecule has 2 aromatic heterocycles. The average Bonchev–Trinajstić information content (AvgIpc) is 3.69. The van der Waals surface area contributed by atoms with Crippen LogP contribution in [0, 0.1) is 12.7 Å². The van der Waals surface area contributed by atoms with Gasteiger partial charge >= 0.3 is 6.09 Å². The highest BCUT2D eigenvalue weighted by atomic mass is 19.1. The number of amides is 2. The third-order valence-electron chi connectivity index (χ3n) is 7.51. The van der Waals surface area contributed by atoms with Crippen molar-refractivity contribution in [1.82, 2.24) is 20.2 Å². The topological polar surface area (TPSA) is 130 Å². The smallest absolute Gasteiger partial charge is 0.407 e. The van der Waals surface area contributed by atoms with Crippen molar-refractivity contribution in [2.24, 2.45) is 4.99 Å². The molecule has 1 unspecified atom stereocenters. The fourth-order valence-corrected chi connectivity index (χ4v) is 5.44. The van der Waals surface area contributed by atoms with Crippen LogP contribution in [0.2, 0.25) is 0 Å².